The van der Waals surface area contributed by atoms with Crippen LogP contribution >= 0.6 is 0 Å². The number of amides is 1. The summed E-state index contributed by atoms with van der Waals surface area (Å²) in [6, 6.07) is 9.05. The fraction of sp³-hybridized carbons (Fsp3) is 0.278. The van der Waals surface area contributed by atoms with Crippen LogP contribution < -0.4 is 16.2 Å². The molecule has 134 valence electrons. The number of nitrogens with one attached hydrogen (secondary N) is 3. The lowest BCUT2D eigenvalue weighted by atomic mass is 10.2. The lowest BCUT2D eigenvalue weighted by Crippen LogP contribution is -2.26. The number of hydrogen-bond acceptors (Lipinski definition) is 6. The number of anilines is 1. The summed E-state index contributed by atoms with van der Waals surface area (Å²) in [7, 11) is 0. The molecule has 0 atom stereocenters. The molecule has 3 rings (SSSR count). The molecule has 8 heteroatoms. The second-order valence-electron chi connectivity index (χ2n) is 5.74. The van der Waals surface area contributed by atoms with Gasteiger partial charge in [-0.1, -0.05) is 18.2 Å². The van der Waals surface area contributed by atoms with Gasteiger partial charge < -0.3 is 10.6 Å². The van der Waals surface area contributed by atoms with Gasteiger partial charge in [0.05, 0.1) is 5.39 Å². The molecule has 0 radical (unpaired) electrons. The average molecular weight is 352 g/mol. The van der Waals surface area contributed by atoms with Crippen LogP contribution in [0.2, 0.25) is 0 Å². The van der Waals surface area contributed by atoms with Gasteiger partial charge >= 0.3 is 0 Å². The number of benzene rings is 1. The normalized spacial score (nSPS) is 10.6. The lowest BCUT2D eigenvalue weighted by Gasteiger charge is -2.08. The minimum atomic E-state index is -0.208. The summed E-state index contributed by atoms with van der Waals surface area (Å²) < 4.78 is 0. The van der Waals surface area contributed by atoms with Gasteiger partial charge in [0.1, 0.15) is 5.82 Å². The molecule has 0 bridgehead atoms. The van der Waals surface area contributed by atoms with Crippen molar-refractivity contribution in [1.29, 1.82) is 0 Å². The van der Waals surface area contributed by atoms with E-state index in [2.05, 4.69) is 30.8 Å². The molecule has 0 fully saturated rings. The maximum atomic E-state index is 11.8. The molecular formula is C18H20N6O2. The highest BCUT2D eigenvalue weighted by Gasteiger charge is 2.06. The van der Waals surface area contributed by atoms with Crippen LogP contribution in [0.3, 0.4) is 0 Å². The van der Waals surface area contributed by atoms with Crippen molar-refractivity contribution in [3.05, 3.63) is 58.9 Å². The Hall–Kier alpha value is -3.29. The molecule has 1 amide bonds. The van der Waals surface area contributed by atoms with Gasteiger partial charge in [0.15, 0.2) is 5.82 Å². The number of carbonyl (C=O) groups is 1. The molecule has 2 heterocycles. The Bertz CT molecular complexity index is 926. The summed E-state index contributed by atoms with van der Waals surface area (Å²) in [4.78, 5) is 31.8. The van der Waals surface area contributed by atoms with Crippen LogP contribution in [0.4, 0.5) is 5.82 Å². The maximum Gasteiger partial charge on any atom is 0.272 e. The van der Waals surface area contributed by atoms with Gasteiger partial charge in [0.2, 0.25) is 5.91 Å². The van der Waals surface area contributed by atoms with Crippen molar-refractivity contribution in [3.8, 4) is 0 Å². The predicted octanol–water partition coefficient (Wildman–Crippen LogP) is 1.26. The number of aryl methyl sites for hydroxylation is 1. The molecular weight excluding hydrogens is 332 g/mol. The molecule has 0 aliphatic carbocycles. The zero-order chi connectivity index (χ0) is 18.2. The van der Waals surface area contributed by atoms with E-state index in [1.807, 2.05) is 18.2 Å². The molecule has 2 aromatic heterocycles. The minimum Gasteiger partial charge on any atom is -0.368 e. The number of nitrogens with zero attached hydrogens (tertiary/aromatic N) is 3. The number of aromatic nitrogens is 4. The third-order valence-electron chi connectivity index (χ3n) is 3.86. The molecule has 26 heavy (non-hydrogen) atoms. The highest BCUT2D eigenvalue weighted by atomic mass is 16.1. The fourth-order valence-corrected chi connectivity index (χ4v) is 2.55. The third-order valence-corrected chi connectivity index (χ3v) is 3.86. The number of H-pyrrole nitrogens is 1. The first-order valence-electron chi connectivity index (χ1n) is 8.48. The minimum absolute atomic E-state index is 0.0231. The first-order chi connectivity index (χ1) is 12.7. The smallest absolute Gasteiger partial charge is 0.272 e. The summed E-state index contributed by atoms with van der Waals surface area (Å²) in [5.74, 6) is 1.28. The molecule has 1 aromatic carbocycles. The van der Waals surface area contributed by atoms with E-state index in [-0.39, 0.29) is 11.5 Å². The zero-order valence-corrected chi connectivity index (χ0v) is 14.2. The fourth-order valence-electron chi connectivity index (χ4n) is 2.55. The van der Waals surface area contributed by atoms with Crippen LogP contribution in [0.1, 0.15) is 18.7 Å². The van der Waals surface area contributed by atoms with Crippen LogP contribution in [0.5, 0.6) is 0 Å². The number of rotatable bonds is 8. The van der Waals surface area contributed by atoms with Crippen molar-refractivity contribution in [2.45, 2.75) is 19.3 Å². The van der Waals surface area contributed by atoms with Gasteiger partial charge in [-0.2, -0.15) is 5.10 Å². The van der Waals surface area contributed by atoms with E-state index in [0.29, 0.717) is 43.0 Å². The molecule has 0 aliphatic rings. The second kappa shape index (κ2) is 8.70. The Balaban J connectivity index is 1.40. The summed E-state index contributed by atoms with van der Waals surface area (Å²) in [6.07, 6.45) is 4.96. The summed E-state index contributed by atoms with van der Waals surface area (Å²) >= 11 is 0. The first-order valence-corrected chi connectivity index (χ1v) is 8.48. The van der Waals surface area contributed by atoms with Crippen LogP contribution in [0, 0.1) is 0 Å². The van der Waals surface area contributed by atoms with Crippen molar-refractivity contribution in [2.75, 3.05) is 18.4 Å². The molecule has 0 aliphatic heterocycles. The van der Waals surface area contributed by atoms with Gasteiger partial charge in [-0.3, -0.25) is 9.59 Å². The lowest BCUT2D eigenvalue weighted by molar-refractivity contribution is -0.121. The highest BCUT2D eigenvalue weighted by Crippen LogP contribution is 2.16. The molecule has 3 aromatic rings. The number of fused-ring (bicyclic) bond motifs is 1. The average Bonchev–Trinajstić information content (AvgIpc) is 2.69. The molecule has 0 spiro atoms. The Morgan fingerprint density at radius 3 is 2.62 bits per heavy atom. The van der Waals surface area contributed by atoms with E-state index >= 15 is 0 Å². The first kappa shape index (κ1) is 17.5. The van der Waals surface area contributed by atoms with Crippen LogP contribution in [-0.4, -0.2) is 39.2 Å². The predicted molar refractivity (Wildman–Crippen MR) is 98.8 cm³/mol. The van der Waals surface area contributed by atoms with E-state index in [1.165, 1.54) is 0 Å². The molecule has 0 saturated heterocycles. The molecule has 8 nitrogen and oxygen atoms in total. The maximum absolute atomic E-state index is 11.8. The Kier molecular flexibility index (Phi) is 5.87. The Morgan fingerprint density at radius 1 is 1.04 bits per heavy atom. The van der Waals surface area contributed by atoms with Gasteiger partial charge in [-0.25, -0.2) is 15.1 Å². The van der Waals surface area contributed by atoms with Gasteiger partial charge in [-0.15, -0.1) is 0 Å². The van der Waals surface area contributed by atoms with Gasteiger partial charge in [0.25, 0.3) is 5.56 Å². The highest BCUT2D eigenvalue weighted by molar-refractivity contribution is 5.90. The van der Waals surface area contributed by atoms with Crippen molar-refractivity contribution in [2.24, 2.45) is 0 Å². The van der Waals surface area contributed by atoms with Crippen molar-refractivity contribution < 1.29 is 4.79 Å². The van der Waals surface area contributed by atoms with E-state index in [4.69, 9.17) is 0 Å². The SMILES string of the molecule is O=C(CCc1ncccn1)NCCCNc1n[nH]c(=O)c2ccccc12. The topological polar surface area (TPSA) is 113 Å². The van der Waals surface area contributed by atoms with Crippen LogP contribution in [-0.2, 0) is 11.2 Å². The van der Waals surface area contributed by atoms with E-state index in [9.17, 15) is 9.59 Å². The van der Waals surface area contributed by atoms with Crippen molar-refractivity contribution in [1.82, 2.24) is 25.5 Å². The second-order valence-corrected chi connectivity index (χ2v) is 5.74. The monoisotopic (exact) mass is 352 g/mol. The summed E-state index contributed by atoms with van der Waals surface area (Å²) in [6.45, 7) is 1.19. The Labute approximate surface area is 150 Å². The summed E-state index contributed by atoms with van der Waals surface area (Å²) in [5, 5.41) is 14.0. The molecule has 0 saturated carbocycles. The Morgan fingerprint density at radius 2 is 1.81 bits per heavy atom. The van der Waals surface area contributed by atoms with E-state index < -0.39 is 0 Å². The zero-order valence-electron chi connectivity index (χ0n) is 14.2. The van der Waals surface area contributed by atoms with Crippen molar-refractivity contribution in [3.63, 3.8) is 0 Å². The van der Waals surface area contributed by atoms with Crippen LogP contribution in [0.15, 0.2) is 47.5 Å². The van der Waals surface area contributed by atoms with E-state index in [1.54, 1.807) is 24.5 Å². The van der Waals surface area contributed by atoms with E-state index in [0.717, 1.165) is 11.8 Å². The number of carbonyl (C=O) groups excluding carboxylic acids is 1. The van der Waals surface area contributed by atoms with Gasteiger partial charge in [0, 0.05) is 43.7 Å². The quantitative estimate of drug-likeness (QED) is 0.526. The third kappa shape index (κ3) is 4.62. The number of aromatic amines is 1. The molecule has 0 unspecified atom stereocenters. The number of hydrogen-bond donors (Lipinski definition) is 3. The molecule has 3 N–H and O–H groups in total. The largest absolute Gasteiger partial charge is 0.368 e. The van der Waals surface area contributed by atoms with Crippen molar-refractivity contribution >= 4 is 22.5 Å². The standard InChI is InChI=1S/C18H20N6O2/c25-16(8-7-15-19-9-3-10-20-15)21-11-4-12-22-17-13-5-1-2-6-14(13)18(26)24-23-17/h1-3,5-6,9-10H,4,7-8,11-12H2,(H,21,25)(H,22,23)(H,24,26). The van der Waals surface area contributed by atoms with Gasteiger partial charge in [-0.05, 0) is 18.6 Å². The van der Waals surface area contributed by atoms with Crippen LogP contribution in [0.25, 0.3) is 10.8 Å². The summed E-state index contributed by atoms with van der Waals surface area (Å²) in [5.41, 5.74) is -0.208.